The van der Waals surface area contributed by atoms with Crippen LogP contribution in [0.2, 0.25) is 0 Å². The molecule has 1 aliphatic carbocycles. The SMILES string of the molecule is CC1CCNC(c2nc3cc(F)ccc3n2C2CC2)C1. The van der Waals surface area contributed by atoms with E-state index in [1.54, 1.807) is 12.1 Å². The summed E-state index contributed by atoms with van der Waals surface area (Å²) in [5.74, 6) is 1.64. The molecular weight excluding hydrogens is 253 g/mol. The van der Waals surface area contributed by atoms with E-state index in [1.807, 2.05) is 6.07 Å². The zero-order valence-electron chi connectivity index (χ0n) is 11.8. The van der Waals surface area contributed by atoms with Crippen LogP contribution in [-0.4, -0.2) is 16.1 Å². The maximum atomic E-state index is 13.4. The first-order chi connectivity index (χ1) is 9.72. The molecular formula is C16H20FN3. The number of nitrogens with zero attached hydrogens (tertiary/aromatic N) is 2. The van der Waals surface area contributed by atoms with Crippen LogP contribution in [0.4, 0.5) is 4.39 Å². The van der Waals surface area contributed by atoms with Gasteiger partial charge in [-0.3, -0.25) is 0 Å². The topological polar surface area (TPSA) is 29.9 Å². The molecule has 1 N–H and O–H groups in total. The molecule has 106 valence electrons. The van der Waals surface area contributed by atoms with Gasteiger partial charge in [0.2, 0.25) is 0 Å². The standard InChI is InChI=1S/C16H20FN3/c1-10-6-7-18-14(8-10)16-19-13-9-11(17)2-5-15(13)20(16)12-3-4-12/h2,5,9-10,12,14,18H,3-4,6-8H2,1H3. The van der Waals surface area contributed by atoms with E-state index in [2.05, 4.69) is 16.8 Å². The summed E-state index contributed by atoms with van der Waals surface area (Å²) < 4.78 is 15.8. The van der Waals surface area contributed by atoms with Crippen LogP contribution < -0.4 is 5.32 Å². The van der Waals surface area contributed by atoms with Crippen LogP contribution in [0.25, 0.3) is 11.0 Å². The van der Waals surface area contributed by atoms with Crippen molar-refractivity contribution in [2.75, 3.05) is 6.54 Å². The first kappa shape index (κ1) is 12.3. The predicted molar refractivity (Wildman–Crippen MR) is 77.1 cm³/mol. The van der Waals surface area contributed by atoms with Crippen LogP contribution >= 0.6 is 0 Å². The van der Waals surface area contributed by atoms with E-state index in [9.17, 15) is 4.39 Å². The van der Waals surface area contributed by atoms with Gasteiger partial charge in [0.1, 0.15) is 11.6 Å². The Morgan fingerprint density at radius 2 is 2.15 bits per heavy atom. The van der Waals surface area contributed by atoms with E-state index in [1.165, 1.54) is 19.3 Å². The Kier molecular flexibility index (Phi) is 2.81. The molecule has 1 aromatic heterocycles. The third-order valence-electron chi connectivity index (χ3n) is 4.57. The van der Waals surface area contributed by atoms with Crippen molar-refractivity contribution in [3.63, 3.8) is 0 Å². The molecule has 1 saturated heterocycles. The quantitative estimate of drug-likeness (QED) is 0.906. The molecule has 2 unspecified atom stereocenters. The molecule has 1 saturated carbocycles. The lowest BCUT2D eigenvalue weighted by Crippen LogP contribution is -2.32. The number of nitrogens with one attached hydrogen (secondary N) is 1. The summed E-state index contributed by atoms with van der Waals surface area (Å²) in [6, 6.07) is 5.87. The highest BCUT2D eigenvalue weighted by molar-refractivity contribution is 5.76. The number of aromatic nitrogens is 2. The molecule has 0 bridgehead atoms. The maximum Gasteiger partial charge on any atom is 0.127 e. The number of fused-ring (bicyclic) bond motifs is 1. The molecule has 0 radical (unpaired) electrons. The van der Waals surface area contributed by atoms with Gasteiger partial charge in [-0.1, -0.05) is 6.92 Å². The van der Waals surface area contributed by atoms with E-state index in [0.717, 1.165) is 35.7 Å². The molecule has 2 aromatic rings. The summed E-state index contributed by atoms with van der Waals surface area (Å²) in [5, 5.41) is 3.59. The van der Waals surface area contributed by atoms with E-state index in [4.69, 9.17) is 4.98 Å². The number of benzene rings is 1. The Hall–Kier alpha value is -1.42. The van der Waals surface area contributed by atoms with Gasteiger partial charge in [-0.2, -0.15) is 0 Å². The van der Waals surface area contributed by atoms with Crippen LogP contribution in [0.3, 0.4) is 0 Å². The summed E-state index contributed by atoms with van der Waals surface area (Å²) in [6.07, 6.45) is 4.80. The van der Waals surface area contributed by atoms with Crippen molar-refractivity contribution in [3.8, 4) is 0 Å². The van der Waals surface area contributed by atoms with Crippen molar-refractivity contribution in [1.29, 1.82) is 0 Å². The number of rotatable bonds is 2. The Labute approximate surface area is 118 Å². The highest BCUT2D eigenvalue weighted by Crippen LogP contribution is 2.41. The second-order valence-electron chi connectivity index (χ2n) is 6.34. The molecule has 20 heavy (non-hydrogen) atoms. The largest absolute Gasteiger partial charge is 0.324 e. The summed E-state index contributed by atoms with van der Waals surface area (Å²) in [5.41, 5.74) is 1.89. The fourth-order valence-electron chi connectivity index (χ4n) is 3.36. The molecule has 1 aliphatic heterocycles. The second-order valence-corrected chi connectivity index (χ2v) is 6.34. The Morgan fingerprint density at radius 1 is 1.30 bits per heavy atom. The van der Waals surface area contributed by atoms with Crippen LogP contribution in [0.1, 0.15) is 50.5 Å². The third kappa shape index (κ3) is 2.03. The van der Waals surface area contributed by atoms with Crippen LogP contribution in [0.15, 0.2) is 18.2 Å². The van der Waals surface area contributed by atoms with Gasteiger partial charge in [0.05, 0.1) is 17.1 Å². The fraction of sp³-hybridized carbons (Fsp3) is 0.562. The lowest BCUT2D eigenvalue weighted by molar-refractivity contribution is 0.310. The number of hydrogen-bond donors (Lipinski definition) is 1. The maximum absolute atomic E-state index is 13.4. The Balaban J connectivity index is 1.83. The molecule has 2 aliphatic rings. The molecule has 2 fully saturated rings. The zero-order chi connectivity index (χ0) is 13.7. The van der Waals surface area contributed by atoms with E-state index in [0.29, 0.717) is 12.1 Å². The summed E-state index contributed by atoms with van der Waals surface area (Å²) in [6.45, 7) is 3.35. The highest BCUT2D eigenvalue weighted by atomic mass is 19.1. The molecule has 2 atom stereocenters. The summed E-state index contributed by atoms with van der Waals surface area (Å²) in [7, 11) is 0. The van der Waals surface area contributed by atoms with Crippen LogP contribution in [0.5, 0.6) is 0 Å². The fourth-order valence-corrected chi connectivity index (χ4v) is 3.36. The summed E-state index contributed by atoms with van der Waals surface area (Å²) in [4.78, 5) is 4.75. The average Bonchev–Trinajstić information content (AvgIpc) is 3.19. The van der Waals surface area contributed by atoms with Gasteiger partial charge >= 0.3 is 0 Å². The lowest BCUT2D eigenvalue weighted by Gasteiger charge is -2.28. The molecule has 0 amide bonds. The molecule has 4 heteroatoms. The normalized spacial score (nSPS) is 27.1. The van der Waals surface area contributed by atoms with Gasteiger partial charge in [-0.05, 0) is 50.3 Å². The van der Waals surface area contributed by atoms with Gasteiger partial charge in [-0.15, -0.1) is 0 Å². The van der Waals surface area contributed by atoms with E-state index >= 15 is 0 Å². The van der Waals surface area contributed by atoms with Crippen molar-refractivity contribution in [1.82, 2.24) is 14.9 Å². The molecule has 2 heterocycles. The minimum absolute atomic E-state index is 0.200. The Morgan fingerprint density at radius 3 is 2.90 bits per heavy atom. The van der Waals surface area contributed by atoms with E-state index < -0.39 is 0 Å². The molecule has 3 nitrogen and oxygen atoms in total. The number of halogens is 1. The number of hydrogen-bond acceptors (Lipinski definition) is 2. The minimum Gasteiger partial charge on any atom is -0.324 e. The predicted octanol–water partition coefficient (Wildman–Crippen LogP) is 3.57. The number of piperidine rings is 1. The van der Waals surface area contributed by atoms with Crippen LogP contribution in [-0.2, 0) is 0 Å². The first-order valence-electron chi connectivity index (χ1n) is 7.63. The smallest absolute Gasteiger partial charge is 0.127 e. The van der Waals surface area contributed by atoms with Gasteiger partial charge in [0.25, 0.3) is 0 Å². The van der Waals surface area contributed by atoms with Crippen molar-refractivity contribution in [3.05, 3.63) is 29.8 Å². The Bertz CT molecular complexity index is 644. The summed E-state index contributed by atoms with van der Waals surface area (Å²) >= 11 is 0. The molecule has 1 aromatic carbocycles. The van der Waals surface area contributed by atoms with Crippen molar-refractivity contribution in [2.45, 2.75) is 44.7 Å². The second kappa shape index (κ2) is 4.55. The average molecular weight is 273 g/mol. The van der Waals surface area contributed by atoms with Crippen molar-refractivity contribution in [2.24, 2.45) is 5.92 Å². The van der Waals surface area contributed by atoms with Crippen molar-refractivity contribution >= 4 is 11.0 Å². The third-order valence-corrected chi connectivity index (χ3v) is 4.57. The number of imidazole rings is 1. The minimum atomic E-state index is -0.200. The van der Waals surface area contributed by atoms with E-state index in [-0.39, 0.29) is 5.82 Å². The monoisotopic (exact) mass is 273 g/mol. The van der Waals surface area contributed by atoms with Crippen LogP contribution in [0, 0.1) is 11.7 Å². The van der Waals surface area contributed by atoms with Gasteiger partial charge in [0.15, 0.2) is 0 Å². The van der Waals surface area contributed by atoms with Gasteiger partial charge < -0.3 is 9.88 Å². The van der Waals surface area contributed by atoms with Crippen molar-refractivity contribution < 1.29 is 4.39 Å². The lowest BCUT2D eigenvalue weighted by atomic mass is 9.94. The van der Waals surface area contributed by atoms with Gasteiger partial charge in [0, 0.05) is 12.1 Å². The highest BCUT2D eigenvalue weighted by Gasteiger charge is 2.32. The molecule has 0 spiro atoms. The first-order valence-corrected chi connectivity index (χ1v) is 7.63. The molecule has 4 rings (SSSR count). The zero-order valence-corrected chi connectivity index (χ0v) is 11.8. The van der Waals surface area contributed by atoms with Gasteiger partial charge in [-0.25, -0.2) is 9.37 Å².